The molecule has 0 aromatic carbocycles. The minimum Gasteiger partial charge on any atom is -0.458 e. The molecule has 1 heterocycles. The summed E-state index contributed by atoms with van der Waals surface area (Å²) >= 11 is 0. The number of allylic oxidation sites excluding steroid dienone is 1. The summed E-state index contributed by atoms with van der Waals surface area (Å²) in [5.41, 5.74) is -0.819. The number of ketones is 2. The van der Waals surface area contributed by atoms with E-state index in [1.165, 1.54) is 0 Å². The number of nitrogens with one attached hydrogen (secondary N) is 1. The largest absolute Gasteiger partial charge is 0.458 e. The molecule has 3 saturated carbocycles. The van der Waals surface area contributed by atoms with Crippen LogP contribution in [0.2, 0.25) is 0 Å². The van der Waals surface area contributed by atoms with Gasteiger partial charge < -0.3 is 20.3 Å². The Labute approximate surface area is 234 Å². The predicted octanol–water partition coefficient (Wildman–Crippen LogP) is 2.82. The van der Waals surface area contributed by atoms with Crippen molar-refractivity contribution in [2.24, 2.45) is 28.6 Å². The van der Waals surface area contributed by atoms with Gasteiger partial charge in [-0.3, -0.25) is 24.2 Å². The van der Waals surface area contributed by atoms with Crippen molar-refractivity contribution in [1.29, 1.82) is 0 Å². The van der Waals surface area contributed by atoms with Gasteiger partial charge in [0, 0.05) is 37.2 Å². The fourth-order valence-corrected chi connectivity index (χ4v) is 8.50. The molecule has 40 heavy (non-hydrogen) atoms. The summed E-state index contributed by atoms with van der Waals surface area (Å²) in [4.78, 5) is 53.9. The Morgan fingerprint density at radius 3 is 2.70 bits per heavy atom. The number of aliphatic hydroxyl groups excluding tert-OH is 1. The van der Waals surface area contributed by atoms with Gasteiger partial charge in [-0.25, -0.2) is 0 Å². The highest BCUT2D eigenvalue weighted by Crippen LogP contribution is 2.67. The quantitative estimate of drug-likeness (QED) is 0.418. The second kappa shape index (κ2) is 10.8. The summed E-state index contributed by atoms with van der Waals surface area (Å²) in [6.45, 7) is 3.80. The van der Waals surface area contributed by atoms with E-state index in [0.717, 1.165) is 30.4 Å². The SMILES string of the molecule is C[C@]12CCC(=O)C=C1CCC1C2C(O)C[C@@]2(C)C1CC[C@]2(O)C(=O)COC(=O)CCC(=O)NCc1cccnc1. The van der Waals surface area contributed by atoms with E-state index >= 15 is 0 Å². The van der Waals surface area contributed by atoms with Crippen molar-refractivity contribution in [3.05, 3.63) is 41.7 Å². The molecule has 3 N–H and O–H groups in total. The standard InChI is InChI=1S/C31H40N2O7/c1-29-11-9-21(34)14-20(29)5-6-22-23-10-12-31(39,30(23,2)15-24(35)28(22)29)25(36)18-40-27(38)8-7-26(37)33-17-19-4-3-13-32-16-19/h3-4,13-14,16,22-24,28,35,39H,5-12,15,17-18H2,1-2H3,(H,33,37)/t22?,23?,24?,28?,29-,30-,31-/m0/s1. The van der Waals surface area contributed by atoms with Gasteiger partial charge in [0.15, 0.2) is 12.4 Å². The van der Waals surface area contributed by atoms with E-state index in [1.54, 1.807) is 24.5 Å². The molecule has 5 rings (SSSR count). The van der Waals surface area contributed by atoms with Crippen LogP contribution in [0.25, 0.3) is 0 Å². The van der Waals surface area contributed by atoms with Crippen LogP contribution in [-0.2, 0) is 30.5 Å². The van der Waals surface area contributed by atoms with E-state index in [-0.39, 0.29) is 60.5 Å². The van der Waals surface area contributed by atoms with E-state index < -0.39 is 35.5 Å². The van der Waals surface area contributed by atoms with Crippen molar-refractivity contribution in [1.82, 2.24) is 10.3 Å². The lowest BCUT2D eigenvalue weighted by atomic mass is 9.45. The van der Waals surface area contributed by atoms with Crippen LogP contribution < -0.4 is 5.32 Å². The van der Waals surface area contributed by atoms with Crippen molar-refractivity contribution in [2.45, 2.75) is 89.9 Å². The summed E-state index contributed by atoms with van der Waals surface area (Å²) in [6.07, 6.45) is 8.12. The number of aromatic nitrogens is 1. The smallest absolute Gasteiger partial charge is 0.306 e. The number of hydrogen-bond donors (Lipinski definition) is 3. The molecular weight excluding hydrogens is 512 g/mol. The number of fused-ring (bicyclic) bond motifs is 5. The monoisotopic (exact) mass is 552 g/mol. The van der Waals surface area contributed by atoms with Crippen molar-refractivity contribution >= 4 is 23.4 Å². The lowest BCUT2D eigenvalue weighted by Gasteiger charge is -2.60. The van der Waals surface area contributed by atoms with Gasteiger partial charge in [-0.05, 0) is 79.4 Å². The number of pyridine rings is 1. The van der Waals surface area contributed by atoms with Crippen LogP contribution in [0.5, 0.6) is 0 Å². The number of carbonyl (C=O) groups excluding carboxylic acids is 4. The molecule has 216 valence electrons. The molecule has 0 bridgehead atoms. The molecule has 4 unspecified atom stereocenters. The van der Waals surface area contributed by atoms with Crippen LogP contribution >= 0.6 is 0 Å². The predicted molar refractivity (Wildman–Crippen MR) is 144 cm³/mol. The topological polar surface area (TPSA) is 143 Å². The number of rotatable bonds is 8. The number of nitrogens with zero attached hydrogens (tertiary/aromatic N) is 1. The third-order valence-electron chi connectivity index (χ3n) is 10.6. The Bertz CT molecular complexity index is 1220. The lowest BCUT2D eigenvalue weighted by molar-refractivity contribution is -0.184. The fourth-order valence-electron chi connectivity index (χ4n) is 8.50. The van der Waals surface area contributed by atoms with Crippen molar-refractivity contribution in [3.8, 4) is 0 Å². The molecule has 1 aromatic rings. The van der Waals surface area contributed by atoms with E-state index in [1.807, 2.05) is 13.0 Å². The van der Waals surface area contributed by atoms with Crippen LogP contribution in [0.1, 0.15) is 77.2 Å². The lowest BCUT2D eigenvalue weighted by Crippen LogP contribution is -2.62. The van der Waals surface area contributed by atoms with Gasteiger partial charge in [0.1, 0.15) is 5.60 Å². The Hall–Kier alpha value is -2.91. The fraction of sp³-hybridized carbons (Fsp3) is 0.645. The van der Waals surface area contributed by atoms with Crippen molar-refractivity contribution < 1.29 is 34.1 Å². The first kappa shape index (κ1) is 28.6. The van der Waals surface area contributed by atoms with E-state index in [2.05, 4.69) is 17.2 Å². The first-order valence-electron chi connectivity index (χ1n) is 14.5. The maximum atomic E-state index is 13.4. The number of ether oxygens (including phenoxy) is 1. The maximum absolute atomic E-state index is 13.4. The van der Waals surface area contributed by atoms with Gasteiger partial charge in [0.05, 0.1) is 12.5 Å². The van der Waals surface area contributed by atoms with Crippen LogP contribution in [-0.4, -0.2) is 57.0 Å². The number of aliphatic hydroxyl groups is 2. The van der Waals surface area contributed by atoms with Crippen molar-refractivity contribution in [3.63, 3.8) is 0 Å². The molecule has 4 aliphatic rings. The highest BCUT2D eigenvalue weighted by atomic mass is 16.5. The molecule has 1 amide bonds. The van der Waals surface area contributed by atoms with Gasteiger partial charge in [-0.2, -0.15) is 0 Å². The van der Waals surface area contributed by atoms with Crippen LogP contribution in [0, 0.1) is 28.6 Å². The Balaban J connectivity index is 1.18. The maximum Gasteiger partial charge on any atom is 0.306 e. The first-order chi connectivity index (χ1) is 19.0. The molecule has 9 heteroatoms. The highest BCUT2D eigenvalue weighted by Gasteiger charge is 2.68. The highest BCUT2D eigenvalue weighted by molar-refractivity contribution is 5.92. The Kier molecular flexibility index (Phi) is 7.74. The van der Waals surface area contributed by atoms with Crippen LogP contribution in [0.15, 0.2) is 36.2 Å². The summed E-state index contributed by atoms with van der Waals surface area (Å²) in [5, 5.41) is 26.0. The molecule has 4 aliphatic carbocycles. The normalized spacial score (nSPS) is 36.5. The molecule has 9 nitrogen and oxygen atoms in total. The van der Waals surface area contributed by atoms with Crippen molar-refractivity contribution in [2.75, 3.05) is 6.61 Å². The summed E-state index contributed by atoms with van der Waals surface area (Å²) in [5.74, 6) is -1.22. The van der Waals surface area contributed by atoms with Gasteiger partial charge in [0.2, 0.25) is 11.7 Å². The molecular formula is C31H40N2O7. The van der Waals surface area contributed by atoms with Gasteiger partial charge in [0.25, 0.3) is 0 Å². The average Bonchev–Trinajstić information content (AvgIpc) is 3.20. The molecule has 0 aliphatic heterocycles. The zero-order valence-electron chi connectivity index (χ0n) is 23.4. The van der Waals surface area contributed by atoms with E-state index in [4.69, 9.17) is 4.74 Å². The minimum absolute atomic E-state index is 0.0155. The second-order valence-electron chi connectivity index (χ2n) is 12.7. The van der Waals surface area contributed by atoms with Crippen LogP contribution in [0.3, 0.4) is 0 Å². The van der Waals surface area contributed by atoms with Gasteiger partial charge in [-0.1, -0.05) is 25.5 Å². The number of hydrogen-bond acceptors (Lipinski definition) is 8. The molecule has 1 aromatic heterocycles. The number of Topliss-reactive ketones (excluding diaryl/α,β-unsaturated/α-hetero) is 1. The van der Waals surface area contributed by atoms with Gasteiger partial charge >= 0.3 is 5.97 Å². The zero-order valence-corrected chi connectivity index (χ0v) is 23.4. The van der Waals surface area contributed by atoms with E-state index in [9.17, 15) is 29.4 Å². The summed E-state index contributed by atoms with van der Waals surface area (Å²) in [6, 6.07) is 3.60. The number of amides is 1. The molecule has 0 spiro atoms. The third-order valence-corrected chi connectivity index (χ3v) is 10.6. The summed E-state index contributed by atoms with van der Waals surface area (Å²) < 4.78 is 5.21. The molecule has 0 radical (unpaired) electrons. The van der Waals surface area contributed by atoms with E-state index in [0.29, 0.717) is 19.4 Å². The first-order valence-corrected chi connectivity index (χ1v) is 14.5. The number of carbonyl (C=O) groups is 4. The molecule has 7 atom stereocenters. The van der Waals surface area contributed by atoms with Gasteiger partial charge in [-0.15, -0.1) is 0 Å². The molecule has 0 saturated heterocycles. The Morgan fingerprint density at radius 1 is 1.15 bits per heavy atom. The van der Waals surface area contributed by atoms with Crippen LogP contribution in [0.4, 0.5) is 0 Å². The average molecular weight is 553 g/mol. The molecule has 3 fully saturated rings. The second-order valence-corrected chi connectivity index (χ2v) is 12.7. The zero-order chi connectivity index (χ0) is 28.7. The Morgan fingerprint density at radius 2 is 1.95 bits per heavy atom. The summed E-state index contributed by atoms with van der Waals surface area (Å²) in [7, 11) is 0. The minimum atomic E-state index is -1.70. The third kappa shape index (κ3) is 4.91. The number of esters is 1.